The van der Waals surface area contributed by atoms with E-state index in [2.05, 4.69) is 19.5 Å². The molecule has 3 heterocycles. The highest BCUT2D eigenvalue weighted by molar-refractivity contribution is 7.97. The average Bonchev–Trinajstić information content (AvgIpc) is 2.96. The topological polar surface area (TPSA) is 44.8 Å². The van der Waals surface area contributed by atoms with Crippen LogP contribution in [0, 0.1) is 5.82 Å². The summed E-state index contributed by atoms with van der Waals surface area (Å²) in [5.74, 6) is -0.195. The van der Waals surface area contributed by atoms with Gasteiger partial charge in [-0.05, 0) is 47.7 Å². The minimum atomic E-state index is -0.195. The van der Waals surface area contributed by atoms with Crippen molar-refractivity contribution in [2.75, 3.05) is 6.54 Å². The number of fused-ring (bicyclic) bond motifs is 3. The number of halogens is 1. The van der Waals surface area contributed by atoms with E-state index in [4.69, 9.17) is 0 Å². The van der Waals surface area contributed by atoms with Crippen LogP contribution in [0.25, 0.3) is 11.0 Å². The molecule has 1 aromatic carbocycles. The molecule has 1 N–H and O–H groups in total. The van der Waals surface area contributed by atoms with Crippen LogP contribution in [0.15, 0.2) is 41.6 Å². The average molecular weight is 300 g/mol. The number of nitrogens with zero attached hydrogens (tertiary/aromatic N) is 3. The van der Waals surface area contributed by atoms with Crippen molar-refractivity contribution in [3.8, 4) is 0 Å². The summed E-state index contributed by atoms with van der Waals surface area (Å²) in [5.41, 5.74) is 3.39. The lowest BCUT2D eigenvalue weighted by molar-refractivity contribution is 0.445. The van der Waals surface area contributed by atoms with Gasteiger partial charge in [0.1, 0.15) is 5.82 Å². The number of aromatic nitrogens is 3. The first kappa shape index (κ1) is 12.8. The fourth-order valence-electron chi connectivity index (χ4n) is 2.68. The molecule has 4 nitrogen and oxygen atoms in total. The predicted molar refractivity (Wildman–Crippen MR) is 80.3 cm³/mol. The first-order valence-corrected chi connectivity index (χ1v) is 7.55. The van der Waals surface area contributed by atoms with E-state index in [1.54, 1.807) is 24.1 Å². The Morgan fingerprint density at radius 1 is 1.29 bits per heavy atom. The van der Waals surface area contributed by atoms with Gasteiger partial charge < -0.3 is 0 Å². The number of aromatic amines is 1. The first-order chi connectivity index (χ1) is 10.3. The molecule has 0 fully saturated rings. The molecule has 4 rings (SSSR count). The third-order valence-corrected chi connectivity index (χ3v) is 4.70. The van der Waals surface area contributed by atoms with E-state index in [1.165, 1.54) is 17.2 Å². The van der Waals surface area contributed by atoms with Crippen molar-refractivity contribution in [3.05, 3.63) is 53.6 Å². The summed E-state index contributed by atoms with van der Waals surface area (Å²) in [6.07, 6.45) is 4.71. The Hall–Kier alpha value is -1.92. The normalized spacial score (nSPS) is 15.3. The summed E-state index contributed by atoms with van der Waals surface area (Å²) in [6, 6.07) is 6.71. The molecule has 0 aliphatic carbocycles. The van der Waals surface area contributed by atoms with E-state index in [9.17, 15) is 4.39 Å². The van der Waals surface area contributed by atoms with Crippen LogP contribution in [0.4, 0.5) is 4.39 Å². The molecule has 21 heavy (non-hydrogen) atoms. The maximum absolute atomic E-state index is 13.2. The van der Waals surface area contributed by atoms with Crippen LogP contribution < -0.4 is 0 Å². The summed E-state index contributed by atoms with van der Waals surface area (Å²) in [5, 5.41) is 8.08. The van der Waals surface area contributed by atoms with Crippen molar-refractivity contribution in [2.45, 2.75) is 17.9 Å². The van der Waals surface area contributed by atoms with Crippen LogP contribution in [-0.2, 0) is 13.0 Å². The van der Waals surface area contributed by atoms with E-state index >= 15 is 0 Å². The lowest BCUT2D eigenvalue weighted by atomic mass is 10.0. The van der Waals surface area contributed by atoms with E-state index in [1.807, 2.05) is 18.5 Å². The largest absolute Gasteiger partial charge is 0.261 e. The number of rotatable bonds is 2. The third kappa shape index (κ3) is 2.41. The van der Waals surface area contributed by atoms with E-state index < -0.39 is 0 Å². The molecular formula is C15H13FN4S. The monoisotopic (exact) mass is 300 g/mol. The summed E-state index contributed by atoms with van der Waals surface area (Å²) in [7, 11) is 0. The van der Waals surface area contributed by atoms with Gasteiger partial charge in [-0.25, -0.2) is 13.7 Å². The number of pyridine rings is 1. The molecule has 0 saturated heterocycles. The Bertz CT molecular complexity index is 801. The van der Waals surface area contributed by atoms with Gasteiger partial charge in [-0.1, -0.05) is 6.07 Å². The molecule has 0 atom stereocenters. The highest BCUT2D eigenvalue weighted by Gasteiger charge is 2.20. The van der Waals surface area contributed by atoms with E-state index in [0.717, 1.165) is 35.4 Å². The molecule has 0 amide bonds. The minimum absolute atomic E-state index is 0.195. The zero-order valence-corrected chi connectivity index (χ0v) is 12.0. The fourth-order valence-corrected chi connectivity index (χ4v) is 3.67. The Balaban J connectivity index is 1.59. The number of hydrogen-bond donors (Lipinski definition) is 1. The Labute approximate surface area is 125 Å². The van der Waals surface area contributed by atoms with Crippen molar-refractivity contribution >= 4 is 23.0 Å². The molecule has 0 unspecified atom stereocenters. The second-order valence-corrected chi connectivity index (χ2v) is 6.23. The molecule has 0 radical (unpaired) electrons. The van der Waals surface area contributed by atoms with Crippen molar-refractivity contribution in [1.29, 1.82) is 0 Å². The summed E-state index contributed by atoms with van der Waals surface area (Å²) < 4.78 is 15.5. The molecule has 1 aliphatic rings. The maximum Gasteiger partial charge on any atom is 0.155 e. The Morgan fingerprint density at radius 2 is 2.24 bits per heavy atom. The van der Waals surface area contributed by atoms with Gasteiger partial charge in [-0.15, -0.1) is 0 Å². The molecule has 2 aromatic heterocycles. The molecule has 0 bridgehead atoms. The molecule has 6 heteroatoms. The molecule has 106 valence electrons. The Kier molecular flexibility index (Phi) is 3.12. The highest BCUT2D eigenvalue weighted by atomic mass is 32.2. The highest BCUT2D eigenvalue weighted by Crippen LogP contribution is 2.31. The van der Waals surface area contributed by atoms with Crippen molar-refractivity contribution in [1.82, 2.24) is 19.5 Å². The third-order valence-electron chi connectivity index (χ3n) is 3.67. The molecule has 1 aliphatic heterocycles. The van der Waals surface area contributed by atoms with Crippen molar-refractivity contribution in [2.24, 2.45) is 0 Å². The summed E-state index contributed by atoms with van der Waals surface area (Å²) >= 11 is 1.59. The van der Waals surface area contributed by atoms with Crippen LogP contribution in [-0.4, -0.2) is 26.0 Å². The van der Waals surface area contributed by atoms with E-state index in [0.29, 0.717) is 0 Å². The number of benzene rings is 1. The van der Waals surface area contributed by atoms with Gasteiger partial charge in [0, 0.05) is 29.6 Å². The lowest BCUT2D eigenvalue weighted by Gasteiger charge is -2.27. The zero-order valence-electron chi connectivity index (χ0n) is 11.2. The van der Waals surface area contributed by atoms with Crippen LogP contribution in [0.2, 0.25) is 0 Å². The van der Waals surface area contributed by atoms with Gasteiger partial charge in [0.2, 0.25) is 0 Å². The van der Waals surface area contributed by atoms with Gasteiger partial charge >= 0.3 is 0 Å². The van der Waals surface area contributed by atoms with Crippen LogP contribution in [0.3, 0.4) is 0 Å². The zero-order chi connectivity index (χ0) is 14.2. The number of hydrogen-bond acceptors (Lipinski definition) is 4. The first-order valence-electron chi connectivity index (χ1n) is 6.78. The standard InChI is InChI=1S/C15H13FN4S/c16-11-2-1-3-12(6-11)21-20-5-4-13-10(9-20)7-17-15-14(13)8-18-19-15/h1-3,6-8H,4-5,9H2,(H,17,18,19). The van der Waals surface area contributed by atoms with Gasteiger partial charge in [0.05, 0.1) is 6.20 Å². The minimum Gasteiger partial charge on any atom is -0.261 e. The van der Waals surface area contributed by atoms with Gasteiger partial charge in [-0.2, -0.15) is 5.10 Å². The summed E-state index contributed by atoms with van der Waals surface area (Å²) in [4.78, 5) is 5.32. The maximum atomic E-state index is 13.2. The second-order valence-electron chi connectivity index (χ2n) is 5.06. The molecular weight excluding hydrogens is 287 g/mol. The molecule has 0 spiro atoms. The summed E-state index contributed by atoms with van der Waals surface area (Å²) in [6.45, 7) is 1.74. The SMILES string of the molecule is Fc1cccc(SN2CCc3c(cnc4[nH]ncc34)C2)c1. The van der Waals surface area contributed by atoms with Crippen molar-refractivity contribution < 1.29 is 4.39 Å². The van der Waals surface area contributed by atoms with Crippen molar-refractivity contribution in [3.63, 3.8) is 0 Å². The van der Waals surface area contributed by atoms with Gasteiger partial charge in [0.15, 0.2) is 5.65 Å². The molecule has 3 aromatic rings. The lowest BCUT2D eigenvalue weighted by Crippen LogP contribution is -2.24. The van der Waals surface area contributed by atoms with Gasteiger partial charge in [-0.3, -0.25) is 5.10 Å². The van der Waals surface area contributed by atoms with Crippen LogP contribution in [0.5, 0.6) is 0 Å². The van der Waals surface area contributed by atoms with E-state index in [-0.39, 0.29) is 5.82 Å². The quantitative estimate of drug-likeness (QED) is 0.738. The smallest absolute Gasteiger partial charge is 0.155 e. The Morgan fingerprint density at radius 3 is 3.14 bits per heavy atom. The van der Waals surface area contributed by atoms with Crippen LogP contribution in [0.1, 0.15) is 11.1 Å². The van der Waals surface area contributed by atoms with Gasteiger partial charge in [0.25, 0.3) is 0 Å². The molecule has 0 saturated carbocycles. The number of H-pyrrole nitrogens is 1. The van der Waals surface area contributed by atoms with Crippen LogP contribution >= 0.6 is 11.9 Å². The predicted octanol–water partition coefficient (Wildman–Crippen LogP) is 3.16. The number of nitrogens with one attached hydrogen (secondary N) is 1. The second kappa shape index (κ2) is 5.13. The fraction of sp³-hybridized carbons (Fsp3) is 0.200.